The van der Waals surface area contributed by atoms with Crippen LogP contribution in [0.25, 0.3) is 10.9 Å². The molecule has 0 saturated heterocycles. The molecule has 1 fully saturated rings. The Morgan fingerprint density at radius 2 is 1.81 bits per heavy atom. The van der Waals surface area contributed by atoms with Gasteiger partial charge in [-0.15, -0.1) is 0 Å². The molecule has 0 spiro atoms. The summed E-state index contributed by atoms with van der Waals surface area (Å²) >= 11 is 0. The average Bonchev–Trinajstić information content (AvgIpc) is 3.44. The Labute approximate surface area is 183 Å². The molecule has 0 radical (unpaired) electrons. The summed E-state index contributed by atoms with van der Waals surface area (Å²) in [5, 5.41) is 1.46. The fourth-order valence-electron chi connectivity index (χ4n) is 3.85. The fourth-order valence-corrected chi connectivity index (χ4v) is 5.22. The number of aromatic nitrogens is 1. The fraction of sp³-hybridized carbons (Fsp3) is 0.318. The molecule has 32 heavy (non-hydrogen) atoms. The predicted molar refractivity (Wildman–Crippen MR) is 111 cm³/mol. The van der Waals surface area contributed by atoms with Crippen molar-refractivity contribution in [3.8, 4) is 0 Å². The van der Waals surface area contributed by atoms with Crippen LogP contribution in [0.15, 0.2) is 53.6 Å². The SMILES string of the molecule is CON(C)C(=O)[C@@H]1C[C@H]1c1cn(S(=O)(=O)c2ccc(C)cc2)c2cc(C(F)(F)F)ccc12. The van der Waals surface area contributed by atoms with Gasteiger partial charge in [-0.2, -0.15) is 13.2 Å². The Bertz CT molecular complexity index is 1300. The highest BCUT2D eigenvalue weighted by Crippen LogP contribution is 2.51. The van der Waals surface area contributed by atoms with Crippen LogP contribution in [-0.4, -0.2) is 37.5 Å². The van der Waals surface area contributed by atoms with Gasteiger partial charge in [0.05, 0.1) is 23.1 Å². The molecule has 6 nitrogen and oxygen atoms in total. The number of amides is 1. The normalized spacial score (nSPS) is 18.7. The van der Waals surface area contributed by atoms with Gasteiger partial charge in [-0.05, 0) is 49.1 Å². The van der Waals surface area contributed by atoms with E-state index in [2.05, 4.69) is 0 Å². The maximum absolute atomic E-state index is 13.4. The van der Waals surface area contributed by atoms with Gasteiger partial charge in [0.25, 0.3) is 10.0 Å². The number of rotatable bonds is 5. The van der Waals surface area contributed by atoms with Gasteiger partial charge in [0, 0.05) is 24.5 Å². The highest BCUT2D eigenvalue weighted by molar-refractivity contribution is 7.90. The molecule has 1 aliphatic rings. The molecule has 0 N–H and O–H groups in total. The number of hydrogen-bond acceptors (Lipinski definition) is 4. The minimum absolute atomic E-state index is 0.0356. The summed E-state index contributed by atoms with van der Waals surface area (Å²) in [7, 11) is -1.33. The standard InChI is InChI=1S/C22H21F3N2O4S/c1-13-4-7-15(8-5-13)32(29,30)27-12-19(17-11-18(17)21(28)26(2)31-3)16-9-6-14(10-20(16)27)22(23,24)25/h4-10,12,17-18H,11H2,1-3H3/t17-,18-/m1/s1. The van der Waals surface area contributed by atoms with Crippen molar-refractivity contribution in [2.24, 2.45) is 5.92 Å². The number of hydrogen-bond donors (Lipinski definition) is 0. The molecule has 4 rings (SSSR count). The number of aryl methyl sites for hydroxylation is 1. The quantitative estimate of drug-likeness (QED) is 0.525. The van der Waals surface area contributed by atoms with E-state index in [1.807, 2.05) is 0 Å². The summed E-state index contributed by atoms with van der Waals surface area (Å²) in [6.07, 6.45) is -2.83. The molecule has 2 atom stereocenters. The Morgan fingerprint density at radius 3 is 2.41 bits per heavy atom. The number of benzene rings is 2. The number of carbonyl (C=O) groups is 1. The first-order chi connectivity index (χ1) is 14.9. The molecule has 2 aromatic carbocycles. The van der Waals surface area contributed by atoms with Gasteiger partial charge in [-0.3, -0.25) is 9.63 Å². The highest BCUT2D eigenvalue weighted by atomic mass is 32.2. The first-order valence-corrected chi connectivity index (χ1v) is 11.2. The van der Waals surface area contributed by atoms with E-state index in [4.69, 9.17) is 4.84 Å². The van der Waals surface area contributed by atoms with Gasteiger partial charge in [0.15, 0.2) is 0 Å². The lowest BCUT2D eigenvalue weighted by molar-refractivity contribution is -0.170. The van der Waals surface area contributed by atoms with E-state index >= 15 is 0 Å². The molecular weight excluding hydrogens is 445 g/mol. The van der Waals surface area contributed by atoms with Crippen molar-refractivity contribution in [2.45, 2.75) is 30.3 Å². The molecular formula is C22H21F3N2O4S. The number of halogens is 3. The largest absolute Gasteiger partial charge is 0.416 e. The van der Waals surface area contributed by atoms with E-state index in [-0.39, 0.29) is 22.2 Å². The number of fused-ring (bicyclic) bond motifs is 1. The van der Waals surface area contributed by atoms with Gasteiger partial charge in [-0.25, -0.2) is 17.5 Å². The minimum atomic E-state index is -4.63. The molecule has 0 bridgehead atoms. The van der Waals surface area contributed by atoms with Gasteiger partial charge in [0.2, 0.25) is 5.91 Å². The molecule has 0 unspecified atom stereocenters. The third-order valence-corrected chi connectivity index (χ3v) is 7.49. The molecule has 1 aliphatic carbocycles. The predicted octanol–water partition coefficient (Wildman–Crippen LogP) is 4.33. The average molecular weight is 466 g/mol. The first kappa shape index (κ1) is 22.3. The van der Waals surface area contributed by atoms with Crippen molar-refractivity contribution in [1.29, 1.82) is 0 Å². The monoisotopic (exact) mass is 466 g/mol. The van der Waals surface area contributed by atoms with E-state index in [9.17, 15) is 26.4 Å². The lowest BCUT2D eigenvalue weighted by Gasteiger charge is -2.13. The van der Waals surface area contributed by atoms with Crippen LogP contribution >= 0.6 is 0 Å². The zero-order valence-electron chi connectivity index (χ0n) is 17.6. The van der Waals surface area contributed by atoms with E-state index in [0.29, 0.717) is 17.4 Å². The van der Waals surface area contributed by atoms with E-state index < -0.39 is 27.7 Å². The third-order valence-electron chi connectivity index (χ3n) is 5.80. The second kappa shape index (κ2) is 7.63. The van der Waals surface area contributed by atoms with Crippen molar-refractivity contribution < 1.29 is 31.2 Å². The van der Waals surface area contributed by atoms with Crippen molar-refractivity contribution in [3.05, 3.63) is 65.4 Å². The van der Waals surface area contributed by atoms with Crippen molar-refractivity contribution in [3.63, 3.8) is 0 Å². The van der Waals surface area contributed by atoms with Crippen LogP contribution in [0.2, 0.25) is 0 Å². The zero-order chi connectivity index (χ0) is 23.4. The smallest absolute Gasteiger partial charge is 0.275 e. The van der Waals surface area contributed by atoms with Gasteiger partial charge in [0.1, 0.15) is 0 Å². The van der Waals surface area contributed by atoms with Crippen LogP contribution in [0.1, 0.15) is 29.0 Å². The Hall–Kier alpha value is -2.85. The summed E-state index contributed by atoms with van der Waals surface area (Å²) in [6, 6.07) is 9.12. The topological polar surface area (TPSA) is 68.6 Å². The Morgan fingerprint density at radius 1 is 1.16 bits per heavy atom. The number of hydroxylamine groups is 2. The summed E-state index contributed by atoms with van der Waals surface area (Å²) < 4.78 is 67.6. The van der Waals surface area contributed by atoms with Crippen molar-refractivity contribution in [1.82, 2.24) is 9.04 Å². The second-order valence-corrected chi connectivity index (χ2v) is 9.71. The summed E-state index contributed by atoms with van der Waals surface area (Å²) in [4.78, 5) is 17.3. The molecule has 1 amide bonds. The van der Waals surface area contributed by atoms with Crippen LogP contribution in [-0.2, 0) is 25.8 Å². The number of alkyl halides is 3. The molecule has 0 aliphatic heterocycles. The van der Waals surface area contributed by atoms with E-state index in [1.54, 1.807) is 19.1 Å². The van der Waals surface area contributed by atoms with Crippen molar-refractivity contribution >= 4 is 26.8 Å². The molecule has 3 aromatic rings. The molecule has 1 heterocycles. The molecule has 170 valence electrons. The Balaban J connectivity index is 1.87. The minimum Gasteiger partial charge on any atom is -0.275 e. The van der Waals surface area contributed by atoms with Gasteiger partial charge >= 0.3 is 6.18 Å². The first-order valence-electron chi connectivity index (χ1n) is 9.81. The van der Waals surface area contributed by atoms with Crippen LogP contribution in [0.3, 0.4) is 0 Å². The lowest BCUT2D eigenvalue weighted by Crippen LogP contribution is -2.27. The van der Waals surface area contributed by atoms with Crippen LogP contribution in [0, 0.1) is 12.8 Å². The van der Waals surface area contributed by atoms with Crippen molar-refractivity contribution in [2.75, 3.05) is 14.2 Å². The second-order valence-electron chi connectivity index (χ2n) is 7.90. The van der Waals surface area contributed by atoms with E-state index in [1.165, 1.54) is 38.6 Å². The van der Waals surface area contributed by atoms with Gasteiger partial charge < -0.3 is 0 Å². The zero-order valence-corrected chi connectivity index (χ0v) is 18.4. The third kappa shape index (κ3) is 3.77. The maximum Gasteiger partial charge on any atom is 0.416 e. The summed E-state index contributed by atoms with van der Waals surface area (Å²) in [6.45, 7) is 1.80. The number of carbonyl (C=O) groups excluding carboxylic acids is 1. The molecule has 1 saturated carbocycles. The number of nitrogens with zero attached hydrogens (tertiary/aromatic N) is 2. The van der Waals surface area contributed by atoms with E-state index in [0.717, 1.165) is 26.7 Å². The maximum atomic E-state index is 13.4. The Kier molecular flexibility index (Phi) is 5.33. The molecule has 10 heteroatoms. The lowest BCUT2D eigenvalue weighted by atomic mass is 10.1. The highest BCUT2D eigenvalue weighted by Gasteiger charge is 2.47. The van der Waals surface area contributed by atoms with Crippen LogP contribution < -0.4 is 0 Å². The van der Waals surface area contributed by atoms with Crippen LogP contribution in [0.4, 0.5) is 13.2 Å². The summed E-state index contributed by atoms with van der Waals surface area (Å²) in [5.74, 6) is -1.01. The van der Waals surface area contributed by atoms with Crippen LogP contribution in [0.5, 0.6) is 0 Å². The van der Waals surface area contributed by atoms with Gasteiger partial charge in [-0.1, -0.05) is 23.8 Å². The molecule has 1 aromatic heterocycles. The summed E-state index contributed by atoms with van der Waals surface area (Å²) in [5.41, 5.74) is 0.348.